The molecule has 0 spiro atoms. The molecule has 0 saturated heterocycles. The van der Waals surface area contributed by atoms with Crippen LogP contribution in [0, 0.1) is 0 Å². The van der Waals surface area contributed by atoms with Crippen molar-refractivity contribution in [2.24, 2.45) is 7.05 Å². The van der Waals surface area contributed by atoms with Gasteiger partial charge in [0.05, 0.1) is 15.9 Å². The molecule has 1 amide bonds. The lowest BCUT2D eigenvalue weighted by Gasteiger charge is -2.12. The Morgan fingerprint density at radius 2 is 1.68 bits per heavy atom. The molecule has 0 aliphatic rings. The van der Waals surface area contributed by atoms with E-state index in [0.29, 0.717) is 5.69 Å². The summed E-state index contributed by atoms with van der Waals surface area (Å²) in [6, 6.07) is 21.3. The quantitative estimate of drug-likeness (QED) is 0.519. The van der Waals surface area contributed by atoms with Crippen LogP contribution in [0.15, 0.2) is 77.7 Å². The minimum atomic E-state index is -3.61. The first-order chi connectivity index (χ1) is 14.8. The molecule has 8 heteroatoms. The zero-order chi connectivity index (χ0) is 22.2. The molecule has 3 aromatic carbocycles. The van der Waals surface area contributed by atoms with Crippen molar-refractivity contribution >= 4 is 32.7 Å². The van der Waals surface area contributed by atoms with Gasteiger partial charge in [-0.25, -0.2) is 17.7 Å². The summed E-state index contributed by atoms with van der Waals surface area (Å²) < 4.78 is 27.8. The highest BCUT2D eigenvalue weighted by Gasteiger charge is 2.19. The molecule has 0 radical (unpaired) electrons. The van der Waals surface area contributed by atoms with E-state index in [2.05, 4.69) is 10.3 Å². The average molecular weight is 435 g/mol. The molecule has 4 aromatic rings. The summed E-state index contributed by atoms with van der Waals surface area (Å²) >= 11 is 0. The number of hydrogen-bond donors (Lipinski definition) is 1. The second-order valence-electron chi connectivity index (χ2n) is 7.33. The predicted octanol–water partition coefficient (Wildman–Crippen LogP) is 3.74. The maximum absolute atomic E-state index is 12.7. The number of sulfonamides is 1. The van der Waals surface area contributed by atoms with Crippen LogP contribution in [0.4, 0.5) is 5.69 Å². The number of anilines is 1. The molecule has 1 heterocycles. The molecule has 0 atom stereocenters. The first kappa shape index (κ1) is 20.8. The monoisotopic (exact) mass is 434 g/mol. The molecule has 7 nitrogen and oxygen atoms in total. The molecule has 158 valence electrons. The standard InChI is InChI=1S/C23H22N4O3S/c1-26(2)31(29,30)19-8-6-7-17(15-19)23(28)24-18-13-11-16(12-14-18)22-25-20-9-4-5-10-21(20)27(22)3/h4-15H,1-3H3,(H,24,28). The van der Waals surface area contributed by atoms with E-state index in [9.17, 15) is 13.2 Å². The number of benzene rings is 3. The molecular formula is C23H22N4O3S. The van der Waals surface area contributed by atoms with Gasteiger partial charge < -0.3 is 9.88 Å². The van der Waals surface area contributed by atoms with Crippen LogP contribution >= 0.6 is 0 Å². The van der Waals surface area contributed by atoms with Crippen LogP contribution in [0.5, 0.6) is 0 Å². The van der Waals surface area contributed by atoms with Gasteiger partial charge >= 0.3 is 0 Å². The summed E-state index contributed by atoms with van der Waals surface area (Å²) in [6.07, 6.45) is 0. The molecule has 0 fully saturated rings. The fraction of sp³-hybridized carbons (Fsp3) is 0.130. The number of fused-ring (bicyclic) bond motifs is 1. The number of rotatable bonds is 5. The van der Waals surface area contributed by atoms with Crippen LogP contribution in [0.3, 0.4) is 0 Å². The smallest absolute Gasteiger partial charge is 0.255 e. The lowest BCUT2D eigenvalue weighted by molar-refractivity contribution is 0.102. The van der Waals surface area contributed by atoms with Crippen molar-refractivity contribution in [1.29, 1.82) is 0 Å². The van der Waals surface area contributed by atoms with E-state index in [1.165, 1.54) is 26.2 Å². The van der Waals surface area contributed by atoms with Crippen molar-refractivity contribution in [3.05, 3.63) is 78.4 Å². The Morgan fingerprint density at radius 1 is 0.968 bits per heavy atom. The van der Waals surface area contributed by atoms with Gasteiger partial charge in [0.1, 0.15) is 5.82 Å². The van der Waals surface area contributed by atoms with Crippen molar-refractivity contribution in [2.45, 2.75) is 4.90 Å². The van der Waals surface area contributed by atoms with Crippen LogP contribution in [0.1, 0.15) is 10.4 Å². The fourth-order valence-corrected chi connectivity index (χ4v) is 4.27. The lowest BCUT2D eigenvalue weighted by atomic mass is 10.1. The summed E-state index contributed by atoms with van der Waals surface area (Å²) in [4.78, 5) is 17.4. The van der Waals surface area contributed by atoms with E-state index in [4.69, 9.17) is 0 Å². The number of amides is 1. The zero-order valence-electron chi connectivity index (χ0n) is 17.4. The molecule has 4 rings (SSSR count). The number of carbonyl (C=O) groups excluding carboxylic acids is 1. The van der Waals surface area contributed by atoms with Crippen molar-refractivity contribution < 1.29 is 13.2 Å². The van der Waals surface area contributed by atoms with E-state index in [1.54, 1.807) is 24.3 Å². The minimum Gasteiger partial charge on any atom is -0.327 e. The van der Waals surface area contributed by atoms with E-state index in [1.807, 2.05) is 48.0 Å². The Morgan fingerprint density at radius 3 is 2.35 bits per heavy atom. The number of carbonyl (C=O) groups is 1. The number of nitrogens with zero attached hydrogens (tertiary/aromatic N) is 3. The summed E-state index contributed by atoms with van der Waals surface area (Å²) in [5.74, 6) is 0.451. The second kappa shape index (κ2) is 7.98. The third-order valence-electron chi connectivity index (χ3n) is 5.06. The average Bonchev–Trinajstić information content (AvgIpc) is 3.11. The van der Waals surface area contributed by atoms with Crippen LogP contribution < -0.4 is 5.32 Å². The number of imidazole rings is 1. The molecule has 0 aliphatic carbocycles. The van der Waals surface area contributed by atoms with Gasteiger partial charge in [-0.15, -0.1) is 0 Å². The van der Waals surface area contributed by atoms with Gasteiger partial charge in [-0.05, 0) is 54.6 Å². The molecule has 0 unspecified atom stereocenters. The van der Waals surface area contributed by atoms with Crippen molar-refractivity contribution in [3.63, 3.8) is 0 Å². The number of nitrogens with one attached hydrogen (secondary N) is 1. The largest absolute Gasteiger partial charge is 0.327 e. The minimum absolute atomic E-state index is 0.0716. The first-order valence-electron chi connectivity index (χ1n) is 9.63. The highest BCUT2D eigenvalue weighted by molar-refractivity contribution is 7.89. The van der Waals surface area contributed by atoms with Crippen molar-refractivity contribution in [3.8, 4) is 11.4 Å². The second-order valence-corrected chi connectivity index (χ2v) is 9.48. The van der Waals surface area contributed by atoms with E-state index in [0.717, 1.165) is 26.7 Å². The van der Waals surface area contributed by atoms with Crippen molar-refractivity contribution in [1.82, 2.24) is 13.9 Å². The number of aromatic nitrogens is 2. The van der Waals surface area contributed by atoms with E-state index >= 15 is 0 Å². The van der Waals surface area contributed by atoms with Crippen molar-refractivity contribution in [2.75, 3.05) is 19.4 Å². The summed E-state index contributed by atoms with van der Waals surface area (Å²) in [6.45, 7) is 0. The Hall–Kier alpha value is -3.49. The van der Waals surface area contributed by atoms with Crippen LogP contribution in [-0.2, 0) is 17.1 Å². The molecular weight excluding hydrogens is 412 g/mol. The Labute approximate surface area is 181 Å². The lowest BCUT2D eigenvalue weighted by Crippen LogP contribution is -2.22. The van der Waals surface area contributed by atoms with Crippen LogP contribution in [0.25, 0.3) is 22.4 Å². The van der Waals surface area contributed by atoms with Gasteiger partial charge in [0.15, 0.2) is 0 Å². The Bertz CT molecular complexity index is 1370. The van der Waals surface area contributed by atoms with Gasteiger partial charge in [-0.3, -0.25) is 4.79 Å². The Kier molecular flexibility index (Phi) is 5.34. The summed E-state index contributed by atoms with van der Waals surface area (Å²) in [5, 5.41) is 2.81. The zero-order valence-corrected chi connectivity index (χ0v) is 18.2. The highest BCUT2D eigenvalue weighted by atomic mass is 32.2. The molecule has 1 aromatic heterocycles. The maximum atomic E-state index is 12.7. The number of para-hydroxylation sites is 2. The maximum Gasteiger partial charge on any atom is 0.255 e. The molecule has 0 saturated carbocycles. The topological polar surface area (TPSA) is 84.3 Å². The van der Waals surface area contributed by atoms with Gasteiger partial charge in [0.25, 0.3) is 5.91 Å². The number of aryl methyl sites for hydroxylation is 1. The molecule has 1 N–H and O–H groups in total. The number of hydrogen-bond acceptors (Lipinski definition) is 4. The van der Waals surface area contributed by atoms with Crippen LogP contribution in [-0.4, -0.2) is 42.3 Å². The van der Waals surface area contributed by atoms with Gasteiger partial charge in [-0.1, -0.05) is 18.2 Å². The van der Waals surface area contributed by atoms with Gasteiger partial charge in [0.2, 0.25) is 10.0 Å². The molecule has 31 heavy (non-hydrogen) atoms. The first-order valence-corrected chi connectivity index (χ1v) is 11.1. The van der Waals surface area contributed by atoms with Gasteiger partial charge in [0, 0.05) is 38.0 Å². The normalized spacial score (nSPS) is 11.7. The molecule has 0 bridgehead atoms. The summed E-state index contributed by atoms with van der Waals surface area (Å²) in [5.41, 5.74) is 3.76. The van der Waals surface area contributed by atoms with E-state index in [-0.39, 0.29) is 16.4 Å². The van der Waals surface area contributed by atoms with E-state index < -0.39 is 10.0 Å². The predicted molar refractivity (Wildman–Crippen MR) is 121 cm³/mol. The SMILES string of the molecule is CN(C)S(=O)(=O)c1cccc(C(=O)Nc2ccc(-c3nc4ccccc4n3C)cc2)c1. The fourth-order valence-electron chi connectivity index (χ4n) is 3.32. The van der Waals surface area contributed by atoms with Crippen LogP contribution in [0.2, 0.25) is 0 Å². The van der Waals surface area contributed by atoms with Gasteiger partial charge in [-0.2, -0.15) is 0 Å². The summed E-state index contributed by atoms with van der Waals surface area (Å²) in [7, 11) is 1.26. The Balaban J connectivity index is 1.56. The highest BCUT2D eigenvalue weighted by Crippen LogP contribution is 2.25. The third-order valence-corrected chi connectivity index (χ3v) is 6.87. The third kappa shape index (κ3) is 3.95. The molecule has 0 aliphatic heterocycles.